The van der Waals surface area contributed by atoms with Crippen molar-refractivity contribution in [2.24, 2.45) is 11.7 Å². The maximum atomic E-state index is 6.06. The maximum absolute atomic E-state index is 6.06. The molecule has 0 aromatic carbocycles. The summed E-state index contributed by atoms with van der Waals surface area (Å²) in [6.07, 6.45) is 7.80. The molecule has 0 aromatic heterocycles. The second-order valence-corrected chi connectivity index (χ2v) is 6.12. The molecule has 1 heterocycles. The van der Waals surface area contributed by atoms with E-state index in [0.29, 0.717) is 6.04 Å². The van der Waals surface area contributed by atoms with E-state index in [4.69, 9.17) is 10.5 Å². The number of ether oxygens (including phenoxy) is 1. The normalized spacial score (nSPS) is 39.5. The van der Waals surface area contributed by atoms with Crippen molar-refractivity contribution >= 4 is 0 Å². The van der Waals surface area contributed by atoms with Gasteiger partial charge >= 0.3 is 0 Å². The Balaban J connectivity index is 2.02. The fourth-order valence-electron chi connectivity index (χ4n) is 3.56. The fourth-order valence-corrected chi connectivity index (χ4v) is 3.56. The van der Waals surface area contributed by atoms with Gasteiger partial charge in [-0.2, -0.15) is 0 Å². The van der Waals surface area contributed by atoms with Gasteiger partial charge in [0.15, 0.2) is 0 Å². The first-order chi connectivity index (χ1) is 8.18. The van der Waals surface area contributed by atoms with E-state index < -0.39 is 0 Å². The van der Waals surface area contributed by atoms with Crippen molar-refractivity contribution in [3.63, 3.8) is 0 Å². The molecule has 1 aliphatic heterocycles. The average molecular weight is 240 g/mol. The van der Waals surface area contributed by atoms with E-state index in [9.17, 15) is 0 Å². The molecule has 3 nitrogen and oxygen atoms in total. The molecular weight excluding hydrogens is 212 g/mol. The van der Waals surface area contributed by atoms with Crippen LogP contribution in [0.2, 0.25) is 0 Å². The largest absolute Gasteiger partial charge is 0.379 e. The SMILES string of the molecule is CC1CCCC(N(C)C2(CN)CCCOC2)C1. The van der Waals surface area contributed by atoms with Crippen LogP contribution in [0.5, 0.6) is 0 Å². The van der Waals surface area contributed by atoms with E-state index in [1.54, 1.807) is 0 Å². The van der Waals surface area contributed by atoms with Gasteiger partial charge in [-0.1, -0.05) is 19.8 Å². The maximum Gasteiger partial charge on any atom is 0.0662 e. The first-order valence-electron chi connectivity index (χ1n) is 7.19. The number of nitrogens with two attached hydrogens (primary N) is 1. The summed E-state index contributed by atoms with van der Waals surface area (Å²) in [6, 6.07) is 0.712. The molecule has 1 aliphatic carbocycles. The average Bonchev–Trinajstić information content (AvgIpc) is 2.38. The van der Waals surface area contributed by atoms with Crippen LogP contribution in [0.4, 0.5) is 0 Å². The minimum Gasteiger partial charge on any atom is -0.379 e. The van der Waals surface area contributed by atoms with Crippen molar-refractivity contribution in [2.75, 3.05) is 26.8 Å². The standard InChI is InChI=1S/C14H28N2O/c1-12-5-3-6-13(9-12)16(2)14(10-15)7-4-8-17-11-14/h12-13H,3-11,15H2,1-2H3. The number of hydrogen-bond donors (Lipinski definition) is 1. The van der Waals surface area contributed by atoms with Crippen LogP contribution in [0, 0.1) is 5.92 Å². The summed E-state index contributed by atoms with van der Waals surface area (Å²) in [5.74, 6) is 0.871. The summed E-state index contributed by atoms with van der Waals surface area (Å²) in [7, 11) is 2.27. The van der Waals surface area contributed by atoms with Crippen molar-refractivity contribution in [3.8, 4) is 0 Å². The Bertz CT molecular complexity index is 238. The Morgan fingerprint density at radius 2 is 2.18 bits per heavy atom. The molecular formula is C14H28N2O. The van der Waals surface area contributed by atoms with Crippen molar-refractivity contribution in [1.29, 1.82) is 0 Å². The van der Waals surface area contributed by atoms with Gasteiger partial charge in [-0.25, -0.2) is 0 Å². The van der Waals surface area contributed by atoms with Crippen molar-refractivity contribution in [3.05, 3.63) is 0 Å². The summed E-state index contributed by atoms with van der Waals surface area (Å²) >= 11 is 0. The molecule has 0 radical (unpaired) electrons. The quantitative estimate of drug-likeness (QED) is 0.820. The van der Waals surface area contributed by atoms with Crippen LogP contribution in [0.1, 0.15) is 45.4 Å². The third-order valence-corrected chi connectivity index (χ3v) is 4.89. The number of likely N-dealkylation sites (N-methyl/N-ethyl adjacent to an activating group) is 1. The van der Waals surface area contributed by atoms with Crippen LogP contribution < -0.4 is 5.73 Å². The minimum atomic E-state index is 0.111. The van der Waals surface area contributed by atoms with E-state index in [1.807, 2.05) is 0 Å². The third kappa shape index (κ3) is 2.83. The molecule has 17 heavy (non-hydrogen) atoms. The Morgan fingerprint density at radius 1 is 1.35 bits per heavy atom. The Hall–Kier alpha value is -0.120. The fraction of sp³-hybridized carbons (Fsp3) is 1.00. The number of hydrogen-bond acceptors (Lipinski definition) is 3. The van der Waals surface area contributed by atoms with Gasteiger partial charge in [0, 0.05) is 19.2 Å². The van der Waals surface area contributed by atoms with Crippen molar-refractivity contribution in [2.45, 2.75) is 57.0 Å². The van der Waals surface area contributed by atoms with E-state index in [-0.39, 0.29) is 5.54 Å². The van der Waals surface area contributed by atoms with Crippen LogP contribution in [0.15, 0.2) is 0 Å². The van der Waals surface area contributed by atoms with Gasteiger partial charge < -0.3 is 10.5 Å². The lowest BCUT2D eigenvalue weighted by Crippen LogP contribution is -2.60. The molecule has 100 valence electrons. The molecule has 0 aromatic rings. The van der Waals surface area contributed by atoms with Gasteiger partial charge in [0.05, 0.1) is 12.1 Å². The predicted octanol–water partition coefficient (Wildman–Crippen LogP) is 2.00. The summed E-state index contributed by atoms with van der Waals surface area (Å²) in [5, 5.41) is 0. The molecule has 2 N–H and O–H groups in total. The molecule has 2 fully saturated rings. The summed E-state index contributed by atoms with van der Waals surface area (Å²) in [6.45, 7) is 4.85. The smallest absolute Gasteiger partial charge is 0.0662 e. The molecule has 0 spiro atoms. The molecule has 1 saturated heterocycles. The minimum absolute atomic E-state index is 0.111. The van der Waals surface area contributed by atoms with Gasteiger partial charge in [0.1, 0.15) is 0 Å². The number of nitrogens with zero attached hydrogens (tertiary/aromatic N) is 1. The van der Waals surface area contributed by atoms with Gasteiger partial charge in [-0.05, 0) is 38.6 Å². The highest BCUT2D eigenvalue weighted by atomic mass is 16.5. The lowest BCUT2D eigenvalue weighted by Gasteiger charge is -2.49. The second kappa shape index (κ2) is 5.68. The van der Waals surface area contributed by atoms with Crippen molar-refractivity contribution in [1.82, 2.24) is 4.90 Å². The van der Waals surface area contributed by atoms with Gasteiger partial charge in [-0.15, -0.1) is 0 Å². The molecule has 0 bridgehead atoms. The molecule has 2 aliphatic rings. The van der Waals surface area contributed by atoms with E-state index >= 15 is 0 Å². The van der Waals surface area contributed by atoms with Gasteiger partial charge in [-0.3, -0.25) is 4.90 Å². The second-order valence-electron chi connectivity index (χ2n) is 6.12. The summed E-state index contributed by atoms with van der Waals surface area (Å²) < 4.78 is 5.69. The highest BCUT2D eigenvalue weighted by molar-refractivity contribution is 4.96. The predicted molar refractivity (Wildman–Crippen MR) is 71.0 cm³/mol. The van der Waals surface area contributed by atoms with Crippen molar-refractivity contribution < 1.29 is 4.74 Å². The van der Waals surface area contributed by atoms with E-state index in [2.05, 4.69) is 18.9 Å². The zero-order valence-electron chi connectivity index (χ0n) is 11.5. The first-order valence-corrected chi connectivity index (χ1v) is 7.19. The lowest BCUT2D eigenvalue weighted by molar-refractivity contribution is -0.0590. The molecule has 3 atom stereocenters. The highest BCUT2D eigenvalue weighted by Crippen LogP contribution is 2.33. The van der Waals surface area contributed by atoms with Crippen LogP contribution in [0.3, 0.4) is 0 Å². The lowest BCUT2D eigenvalue weighted by atomic mass is 9.82. The monoisotopic (exact) mass is 240 g/mol. The summed E-state index contributed by atoms with van der Waals surface area (Å²) in [5.41, 5.74) is 6.17. The molecule has 2 rings (SSSR count). The summed E-state index contributed by atoms with van der Waals surface area (Å²) in [4.78, 5) is 2.56. The van der Waals surface area contributed by atoms with Crippen LogP contribution in [-0.2, 0) is 4.74 Å². The highest BCUT2D eigenvalue weighted by Gasteiger charge is 2.39. The zero-order chi connectivity index (χ0) is 12.3. The van der Waals surface area contributed by atoms with Crippen LogP contribution in [0.25, 0.3) is 0 Å². The van der Waals surface area contributed by atoms with Crippen LogP contribution in [-0.4, -0.2) is 43.3 Å². The molecule has 3 unspecified atom stereocenters. The van der Waals surface area contributed by atoms with E-state index in [1.165, 1.54) is 32.1 Å². The molecule has 3 heteroatoms. The van der Waals surface area contributed by atoms with E-state index in [0.717, 1.165) is 32.1 Å². The third-order valence-electron chi connectivity index (χ3n) is 4.89. The first kappa shape index (κ1) is 13.3. The Labute approximate surface area is 106 Å². The molecule has 1 saturated carbocycles. The Morgan fingerprint density at radius 3 is 2.76 bits per heavy atom. The van der Waals surface area contributed by atoms with Crippen LogP contribution >= 0.6 is 0 Å². The number of rotatable bonds is 3. The van der Waals surface area contributed by atoms with Gasteiger partial charge in [0.25, 0.3) is 0 Å². The van der Waals surface area contributed by atoms with Gasteiger partial charge in [0.2, 0.25) is 0 Å². The topological polar surface area (TPSA) is 38.5 Å². The zero-order valence-corrected chi connectivity index (χ0v) is 11.5. The Kier molecular flexibility index (Phi) is 4.45. The molecule has 0 amide bonds.